The van der Waals surface area contributed by atoms with Crippen molar-refractivity contribution in [3.8, 4) is 5.75 Å². The van der Waals surface area contributed by atoms with E-state index >= 15 is 0 Å². The van der Waals surface area contributed by atoms with Crippen molar-refractivity contribution in [3.05, 3.63) is 64.4 Å². The van der Waals surface area contributed by atoms with E-state index in [0.29, 0.717) is 6.54 Å². The van der Waals surface area contributed by atoms with Crippen LogP contribution < -0.4 is 10.5 Å². The summed E-state index contributed by atoms with van der Waals surface area (Å²) in [6.45, 7) is 0.770. The lowest BCUT2D eigenvalue weighted by atomic mass is 10.1. The number of rotatable bonds is 4. The maximum Gasteiger partial charge on any atom is 0.174 e. The number of benzene rings is 2. The van der Waals surface area contributed by atoms with Gasteiger partial charge in [-0.1, -0.05) is 41.9 Å². The van der Waals surface area contributed by atoms with Gasteiger partial charge in [0.05, 0.1) is 5.02 Å². The summed E-state index contributed by atoms with van der Waals surface area (Å²) in [5.41, 5.74) is 7.49. The second-order valence-corrected chi connectivity index (χ2v) is 4.27. The number of hydrogen-bond acceptors (Lipinski definition) is 2. The Balaban J connectivity index is 2.06. The highest BCUT2D eigenvalue weighted by atomic mass is 35.5. The average molecular weight is 266 g/mol. The topological polar surface area (TPSA) is 35.2 Å². The van der Waals surface area contributed by atoms with E-state index in [-0.39, 0.29) is 17.4 Å². The lowest BCUT2D eigenvalue weighted by molar-refractivity contribution is 0.290. The van der Waals surface area contributed by atoms with Crippen LogP contribution in [0, 0.1) is 5.82 Å². The summed E-state index contributed by atoms with van der Waals surface area (Å²) in [5.74, 6) is -0.372. The molecule has 0 atom stereocenters. The van der Waals surface area contributed by atoms with Crippen LogP contribution in [0.5, 0.6) is 5.75 Å². The Morgan fingerprint density at radius 3 is 2.33 bits per heavy atom. The minimum atomic E-state index is -0.457. The van der Waals surface area contributed by atoms with E-state index in [1.165, 1.54) is 6.07 Å². The van der Waals surface area contributed by atoms with Gasteiger partial charge in [-0.25, -0.2) is 4.39 Å². The summed E-state index contributed by atoms with van der Waals surface area (Å²) in [6, 6.07) is 12.1. The predicted molar refractivity (Wildman–Crippen MR) is 70.1 cm³/mol. The maximum atomic E-state index is 13.4. The second-order valence-electron chi connectivity index (χ2n) is 3.86. The number of para-hydroxylation sites is 1. The van der Waals surface area contributed by atoms with Crippen molar-refractivity contribution in [2.45, 2.75) is 13.2 Å². The first-order chi connectivity index (χ1) is 8.70. The van der Waals surface area contributed by atoms with E-state index in [4.69, 9.17) is 22.1 Å². The van der Waals surface area contributed by atoms with Crippen LogP contribution >= 0.6 is 11.6 Å². The highest BCUT2D eigenvalue weighted by Crippen LogP contribution is 2.27. The molecule has 0 unspecified atom stereocenters. The monoisotopic (exact) mass is 265 g/mol. The van der Waals surface area contributed by atoms with Crippen molar-refractivity contribution in [2.24, 2.45) is 5.73 Å². The third-order valence-corrected chi connectivity index (χ3v) is 2.86. The maximum absolute atomic E-state index is 13.4. The van der Waals surface area contributed by atoms with Gasteiger partial charge in [0, 0.05) is 6.54 Å². The van der Waals surface area contributed by atoms with E-state index in [1.54, 1.807) is 12.1 Å². The fourth-order valence-electron chi connectivity index (χ4n) is 1.55. The standard InChI is InChI=1S/C14H13ClFNO/c15-12-2-1-3-13(16)14(12)18-9-11-6-4-10(8-17)5-7-11/h1-7H,8-9,17H2. The SMILES string of the molecule is NCc1ccc(COc2c(F)cccc2Cl)cc1. The van der Waals surface area contributed by atoms with E-state index in [9.17, 15) is 4.39 Å². The summed E-state index contributed by atoms with van der Waals surface area (Å²) in [7, 11) is 0. The summed E-state index contributed by atoms with van der Waals surface area (Å²) in [6.07, 6.45) is 0. The van der Waals surface area contributed by atoms with Crippen molar-refractivity contribution >= 4 is 11.6 Å². The molecule has 2 N–H and O–H groups in total. The number of nitrogens with two attached hydrogens (primary N) is 1. The molecule has 94 valence electrons. The fraction of sp³-hybridized carbons (Fsp3) is 0.143. The first-order valence-electron chi connectivity index (χ1n) is 5.55. The lowest BCUT2D eigenvalue weighted by Gasteiger charge is -2.09. The highest BCUT2D eigenvalue weighted by Gasteiger charge is 2.07. The minimum Gasteiger partial charge on any atom is -0.484 e. The zero-order valence-electron chi connectivity index (χ0n) is 9.70. The summed E-state index contributed by atoms with van der Waals surface area (Å²) in [5, 5.41) is 0.272. The number of halogens is 2. The molecule has 0 spiro atoms. The molecule has 2 nitrogen and oxygen atoms in total. The van der Waals surface area contributed by atoms with Gasteiger partial charge in [0.1, 0.15) is 6.61 Å². The molecular formula is C14H13ClFNO. The van der Waals surface area contributed by atoms with Crippen molar-refractivity contribution in [1.29, 1.82) is 0 Å². The fourth-order valence-corrected chi connectivity index (χ4v) is 1.77. The van der Waals surface area contributed by atoms with E-state index in [1.807, 2.05) is 24.3 Å². The average Bonchev–Trinajstić information content (AvgIpc) is 2.39. The largest absolute Gasteiger partial charge is 0.484 e. The van der Waals surface area contributed by atoms with Crippen LogP contribution in [0.3, 0.4) is 0 Å². The first-order valence-corrected chi connectivity index (χ1v) is 5.93. The quantitative estimate of drug-likeness (QED) is 0.918. The molecule has 2 aromatic carbocycles. The molecule has 18 heavy (non-hydrogen) atoms. The zero-order chi connectivity index (χ0) is 13.0. The Hall–Kier alpha value is -1.58. The number of ether oxygens (including phenoxy) is 1. The molecule has 0 aliphatic heterocycles. The van der Waals surface area contributed by atoms with Crippen LogP contribution in [0.25, 0.3) is 0 Å². The van der Waals surface area contributed by atoms with Crippen molar-refractivity contribution in [2.75, 3.05) is 0 Å². The van der Waals surface area contributed by atoms with Gasteiger partial charge in [0.25, 0.3) is 0 Å². The third-order valence-electron chi connectivity index (χ3n) is 2.56. The molecule has 0 radical (unpaired) electrons. The van der Waals surface area contributed by atoms with Gasteiger partial charge in [-0.05, 0) is 23.3 Å². The third kappa shape index (κ3) is 3.00. The molecule has 0 saturated carbocycles. The molecule has 0 amide bonds. The Bertz CT molecular complexity index is 508. The molecule has 0 fully saturated rings. The van der Waals surface area contributed by atoms with Gasteiger partial charge >= 0.3 is 0 Å². The molecule has 0 aliphatic rings. The zero-order valence-corrected chi connectivity index (χ0v) is 10.5. The van der Waals surface area contributed by atoms with Crippen molar-refractivity contribution in [3.63, 3.8) is 0 Å². The summed E-state index contributed by atoms with van der Waals surface area (Å²) in [4.78, 5) is 0. The Kier molecular flexibility index (Phi) is 4.18. The van der Waals surface area contributed by atoms with E-state index in [2.05, 4.69) is 0 Å². The molecule has 2 rings (SSSR count). The van der Waals surface area contributed by atoms with Crippen molar-refractivity contribution in [1.82, 2.24) is 0 Å². The normalized spacial score (nSPS) is 10.4. The Morgan fingerprint density at radius 1 is 1.06 bits per heavy atom. The molecule has 2 aromatic rings. The van der Waals surface area contributed by atoms with Gasteiger partial charge in [0.2, 0.25) is 0 Å². The lowest BCUT2D eigenvalue weighted by Crippen LogP contribution is -2.00. The highest BCUT2D eigenvalue weighted by molar-refractivity contribution is 6.32. The molecule has 4 heteroatoms. The van der Waals surface area contributed by atoms with Crippen molar-refractivity contribution < 1.29 is 9.13 Å². The summed E-state index contributed by atoms with van der Waals surface area (Å²) < 4.78 is 18.8. The summed E-state index contributed by atoms with van der Waals surface area (Å²) >= 11 is 5.86. The van der Waals surface area contributed by atoms with Gasteiger partial charge in [0.15, 0.2) is 11.6 Å². The van der Waals surface area contributed by atoms with Crippen LogP contribution in [-0.2, 0) is 13.2 Å². The van der Waals surface area contributed by atoms with Gasteiger partial charge in [-0.2, -0.15) is 0 Å². The second kappa shape index (κ2) is 5.85. The first kappa shape index (κ1) is 12.9. The molecule has 0 aliphatic carbocycles. The van der Waals surface area contributed by atoms with Crippen LogP contribution in [0.4, 0.5) is 4.39 Å². The smallest absolute Gasteiger partial charge is 0.174 e. The van der Waals surface area contributed by atoms with Crippen LogP contribution in [0.2, 0.25) is 5.02 Å². The Morgan fingerprint density at radius 2 is 1.72 bits per heavy atom. The molecule has 0 bridgehead atoms. The van der Waals surface area contributed by atoms with E-state index < -0.39 is 5.82 Å². The van der Waals surface area contributed by atoms with Gasteiger partial charge in [-0.15, -0.1) is 0 Å². The van der Waals surface area contributed by atoms with E-state index in [0.717, 1.165) is 11.1 Å². The molecule has 0 saturated heterocycles. The number of hydrogen-bond donors (Lipinski definition) is 1. The molecule has 0 aromatic heterocycles. The van der Waals surface area contributed by atoms with Crippen LogP contribution in [-0.4, -0.2) is 0 Å². The van der Waals surface area contributed by atoms with Crippen LogP contribution in [0.1, 0.15) is 11.1 Å². The minimum absolute atomic E-state index is 0.0852. The van der Waals surface area contributed by atoms with Gasteiger partial charge in [-0.3, -0.25) is 0 Å². The Labute approximate surface area is 110 Å². The van der Waals surface area contributed by atoms with Gasteiger partial charge < -0.3 is 10.5 Å². The van der Waals surface area contributed by atoms with Crippen LogP contribution in [0.15, 0.2) is 42.5 Å². The predicted octanol–water partition coefficient (Wildman–Crippen LogP) is 3.52. The molecular weight excluding hydrogens is 253 g/mol. The molecule has 0 heterocycles.